The summed E-state index contributed by atoms with van der Waals surface area (Å²) < 4.78 is 5.32. The Bertz CT molecular complexity index is 399. The number of carbonyl (C=O) groups is 1. The number of ether oxygens (including phenoxy) is 1. The van der Waals surface area contributed by atoms with Gasteiger partial charge in [-0.05, 0) is 52.8 Å². The normalized spacial score (nSPS) is 12.8. The molecule has 1 aromatic rings. The number of hydrogen-bond donors (Lipinski definition) is 2. The maximum atomic E-state index is 11.9. The van der Waals surface area contributed by atoms with Crippen LogP contribution >= 0.6 is 0 Å². The Morgan fingerprint density at radius 3 is 2.45 bits per heavy atom. The first-order valence-corrected chi connectivity index (χ1v) is 7.09. The fraction of sp³-hybridized carbons (Fsp3) is 0.562. The Morgan fingerprint density at radius 2 is 1.90 bits per heavy atom. The van der Waals surface area contributed by atoms with Crippen molar-refractivity contribution in [2.75, 3.05) is 13.6 Å². The summed E-state index contributed by atoms with van der Waals surface area (Å²) in [5, 5.41) is 6.07. The molecule has 0 spiro atoms. The van der Waals surface area contributed by atoms with Crippen molar-refractivity contribution in [3.8, 4) is 0 Å². The number of amides is 1. The average molecular weight is 278 g/mol. The minimum atomic E-state index is -0.468. The number of rotatable bonds is 6. The highest BCUT2D eigenvalue weighted by Gasteiger charge is 2.19. The lowest BCUT2D eigenvalue weighted by Gasteiger charge is -2.23. The summed E-state index contributed by atoms with van der Waals surface area (Å²) in [6, 6.07) is 10.2. The molecule has 112 valence electrons. The molecule has 0 saturated carbocycles. The van der Waals surface area contributed by atoms with Crippen LogP contribution in [0.1, 0.15) is 32.8 Å². The molecule has 0 unspecified atom stereocenters. The average Bonchev–Trinajstić information content (AvgIpc) is 2.35. The highest BCUT2D eigenvalue weighted by atomic mass is 16.6. The third-order valence-electron chi connectivity index (χ3n) is 2.79. The summed E-state index contributed by atoms with van der Waals surface area (Å²) in [7, 11) is 1.91. The van der Waals surface area contributed by atoms with E-state index in [4.69, 9.17) is 4.74 Å². The van der Waals surface area contributed by atoms with Gasteiger partial charge in [0.05, 0.1) is 0 Å². The predicted octanol–water partition coefficient (Wildman–Crippen LogP) is 2.73. The molecular weight excluding hydrogens is 252 g/mol. The van der Waals surface area contributed by atoms with E-state index in [1.165, 1.54) is 5.56 Å². The van der Waals surface area contributed by atoms with E-state index in [0.717, 1.165) is 19.4 Å². The molecular formula is C16H26N2O2. The van der Waals surface area contributed by atoms with E-state index in [-0.39, 0.29) is 12.1 Å². The Kier molecular flexibility index (Phi) is 6.52. The van der Waals surface area contributed by atoms with E-state index in [9.17, 15) is 4.79 Å². The lowest BCUT2D eigenvalue weighted by Crippen LogP contribution is -2.41. The van der Waals surface area contributed by atoms with Crippen LogP contribution < -0.4 is 10.6 Å². The SMILES string of the molecule is CNCC[C@H](Cc1ccccc1)NC(=O)OC(C)(C)C. The molecule has 1 amide bonds. The van der Waals surface area contributed by atoms with Gasteiger partial charge in [-0.3, -0.25) is 0 Å². The Balaban J connectivity index is 2.57. The highest BCUT2D eigenvalue weighted by molar-refractivity contribution is 5.68. The van der Waals surface area contributed by atoms with Gasteiger partial charge >= 0.3 is 6.09 Å². The molecule has 0 aliphatic heterocycles. The number of benzene rings is 1. The largest absolute Gasteiger partial charge is 0.444 e. The van der Waals surface area contributed by atoms with Crippen molar-refractivity contribution in [1.82, 2.24) is 10.6 Å². The first-order chi connectivity index (χ1) is 9.40. The van der Waals surface area contributed by atoms with Crippen LogP contribution in [0.5, 0.6) is 0 Å². The smallest absolute Gasteiger partial charge is 0.407 e. The second-order valence-corrected chi connectivity index (χ2v) is 5.93. The van der Waals surface area contributed by atoms with E-state index in [0.29, 0.717) is 0 Å². The molecule has 4 nitrogen and oxygen atoms in total. The maximum absolute atomic E-state index is 11.9. The Morgan fingerprint density at radius 1 is 1.25 bits per heavy atom. The molecule has 1 rings (SSSR count). The van der Waals surface area contributed by atoms with Crippen molar-refractivity contribution in [2.45, 2.75) is 45.3 Å². The van der Waals surface area contributed by atoms with Crippen LogP contribution in [0.4, 0.5) is 4.79 Å². The molecule has 0 bridgehead atoms. The summed E-state index contributed by atoms with van der Waals surface area (Å²) in [4.78, 5) is 11.9. The van der Waals surface area contributed by atoms with Crippen LogP contribution in [0.3, 0.4) is 0 Å². The maximum Gasteiger partial charge on any atom is 0.407 e. The summed E-state index contributed by atoms with van der Waals surface area (Å²) >= 11 is 0. The number of alkyl carbamates (subject to hydrolysis) is 1. The standard InChI is InChI=1S/C16H26N2O2/c1-16(2,3)20-15(19)18-14(10-11-17-4)12-13-8-6-5-7-9-13/h5-9,14,17H,10-12H2,1-4H3,(H,18,19)/t14-/m1/s1. The van der Waals surface area contributed by atoms with Gasteiger partial charge in [0.25, 0.3) is 0 Å². The Hall–Kier alpha value is -1.55. The lowest BCUT2D eigenvalue weighted by molar-refractivity contribution is 0.0502. The van der Waals surface area contributed by atoms with E-state index >= 15 is 0 Å². The van der Waals surface area contributed by atoms with Gasteiger partial charge < -0.3 is 15.4 Å². The molecule has 0 aliphatic carbocycles. The lowest BCUT2D eigenvalue weighted by atomic mass is 10.0. The molecule has 0 heterocycles. The third kappa shape index (κ3) is 7.14. The molecule has 20 heavy (non-hydrogen) atoms. The van der Waals surface area contributed by atoms with Gasteiger partial charge in [-0.25, -0.2) is 4.79 Å². The van der Waals surface area contributed by atoms with E-state index < -0.39 is 5.60 Å². The van der Waals surface area contributed by atoms with Crippen molar-refractivity contribution < 1.29 is 9.53 Å². The summed E-state index contributed by atoms with van der Waals surface area (Å²) in [5.74, 6) is 0. The monoisotopic (exact) mass is 278 g/mol. The highest BCUT2D eigenvalue weighted by Crippen LogP contribution is 2.09. The first-order valence-electron chi connectivity index (χ1n) is 7.09. The predicted molar refractivity (Wildman–Crippen MR) is 81.8 cm³/mol. The van der Waals surface area contributed by atoms with Crippen LogP contribution in [0, 0.1) is 0 Å². The van der Waals surface area contributed by atoms with Crippen LogP contribution in [0.15, 0.2) is 30.3 Å². The molecule has 0 radical (unpaired) electrons. The molecule has 1 atom stereocenters. The minimum absolute atomic E-state index is 0.0692. The second kappa shape index (κ2) is 7.90. The van der Waals surface area contributed by atoms with Crippen molar-refractivity contribution in [3.63, 3.8) is 0 Å². The Labute approximate surface area is 121 Å². The molecule has 2 N–H and O–H groups in total. The van der Waals surface area contributed by atoms with Crippen molar-refractivity contribution in [3.05, 3.63) is 35.9 Å². The van der Waals surface area contributed by atoms with Gasteiger partial charge in [0, 0.05) is 6.04 Å². The zero-order chi connectivity index (χ0) is 15.0. The molecule has 4 heteroatoms. The third-order valence-corrected chi connectivity index (χ3v) is 2.79. The van der Waals surface area contributed by atoms with E-state index in [1.54, 1.807) is 0 Å². The van der Waals surface area contributed by atoms with Crippen LogP contribution in [0.2, 0.25) is 0 Å². The van der Waals surface area contributed by atoms with Crippen LogP contribution in [-0.2, 0) is 11.2 Å². The van der Waals surface area contributed by atoms with Crippen molar-refractivity contribution in [2.24, 2.45) is 0 Å². The van der Waals surface area contributed by atoms with Gasteiger partial charge in [-0.1, -0.05) is 30.3 Å². The van der Waals surface area contributed by atoms with Crippen LogP contribution in [0.25, 0.3) is 0 Å². The van der Waals surface area contributed by atoms with Gasteiger partial charge in [0.2, 0.25) is 0 Å². The zero-order valence-corrected chi connectivity index (χ0v) is 12.9. The molecule has 0 saturated heterocycles. The quantitative estimate of drug-likeness (QED) is 0.841. The number of nitrogens with one attached hydrogen (secondary N) is 2. The molecule has 1 aromatic carbocycles. The topological polar surface area (TPSA) is 50.4 Å². The molecule has 0 aliphatic rings. The van der Waals surface area contributed by atoms with Gasteiger partial charge in [-0.15, -0.1) is 0 Å². The van der Waals surface area contributed by atoms with Crippen molar-refractivity contribution >= 4 is 6.09 Å². The van der Waals surface area contributed by atoms with Crippen molar-refractivity contribution in [1.29, 1.82) is 0 Å². The van der Waals surface area contributed by atoms with Crippen LogP contribution in [-0.4, -0.2) is 31.3 Å². The number of hydrogen-bond acceptors (Lipinski definition) is 3. The summed E-state index contributed by atoms with van der Waals surface area (Å²) in [6.45, 7) is 6.46. The molecule has 0 aromatic heterocycles. The minimum Gasteiger partial charge on any atom is -0.444 e. The fourth-order valence-electron chi connectivity index (χ4n) is 1.92. The summed E-state index contributed by atoms with van der Waals surface area (Å²) in [5.41, 5.74) is 0.745. The zero-order valence-electron chi connectivity index (χ0n) is 12.9. The molecule has 0 fully saturated rings. The van der Waals surface area contributed by atoms with E-state index in [1.807, 2.05) is 46.0 Å². The van der Waals surface area contributed by atoms with Gasteiger partial charge in [-0.2, -0.15) is 0 Å². The summed E-state index contributed by atoms with van der Waals surface area (Å²) in [6.07, 6.45) is 1.32. The van der Waals surface area contributed by atoms with Gasteiger partial charge in [0.1, 0.15) is 5.60 Å². The first kappa shape index (κ1) is 16.5. The fourth-order valence-corrected chi connectivity index (χ4v) is 1.92. The number of carbonyl (C=O) groups excluding carboxylic acids is 1. The second-order valence-electron chi connectivity index (χ2n) is 5.93. The van der Waals surface area contributed by atoms with E-state index in [2.05, 4.69) is 22.8 Å². The van der Waals surface area contributed by atoms with Gasteiger partial charge in [0.15, 0.2) is 0 Å².